The minimum absolute atomic E-state index is 0.0255. The molecule has 10 nitrogen and oxygen atoms in total. The predicted octanol–water partition coefficient (Wildman–Crippen LogP) is 1.35. The first-order valence-corrected chi connectivity index (χ1v) is 11.2. The summed E-state index contributed by atoms with van der Waals surface area (Å²) in [6.45, 7) is 3.27. The number of hydrogen-bond donors (Lipinski definition) is 4. The summed E-state index contributed by atoms with van der Waals surface area (Å²) in [4.78, 5) is 39.6. The standard InChI is InChI=1S/C24H29NO9/c1-9-18-13(5-11(33-9)6-17(27)28)23(31)19-15(26)7-12(22(30)20(19)24(18)32)16-8-14(25(3)4)21(29)10(2)34-16/h7,9-11,14,16,21,29,31-32H,5-6,8H2,1-4H3,(H,27,28)/t9-,10-,11?,14?,16?,21-/m1/s1. The summed E-state index contributed by atoms with van der Waals surface area (Å²) in [5.41, 5.74) is -0.195. The van der Waals surface area contributed by atoms with Crippen molar-refractivity contribution in [2.75, 3.05) is 14.1 Å². The van der Waals surface area contributed by atoms with E-state index in [1.54, 1.807) is 27.9 Å². The second-order valence-electron chi connectivity index (χ2n) is 9.42. The van der Waals surface area contributed by atoms with E-state index < -0.39 is 59.6 Å². The molecule has 3 aliphatic rings. The molecule has 2 heterocycles. The van der Waals surface area contributed by atoms with E-state index in [4.69, 9.17) is 14.6 Å². The van der Waals surface area contributed by atoms with Gasteiger partial charge in [0.05, 0.1) is 48.1 Å². The molecule has 3 unspecified atom stereocenters. The van der Waals surface area contributed by atoms with Crippen molar-refractivity contribution in [3.63, 3.8) is 0 Å². The van der Waals surface area contributed by atoms with Gasteiger partial charge in [-0.1, -0.05) is 0 Å². The van der Waals surface area contributed by atoms with Crippen LogP contribution in [0.1, 0.15) is 64.6 Å². The van der Waals surface area contributed by atoms with E-state index in [0.717, 1.165) is 6.08 Å². The minimum atomic E-state index is -1.08. The lowest BCUT2D eigenvalue weighted by atomic mass is 9.78. The molecule has 1 fully saturated rings. The number of ketones is 2. The fourth-order valence-corrected chi connectivity index (χ4v) is 5.29. The maximum absolute atomic E-state index is 13.5. The number of allylic oxidation sites excluding steroid dienone is 1. The first-order valence-electron chi connectivity index (χ1n) is 11.2. The lowest BCUT2D eigenvalue weighted by Gasteiger charge is -2.42. The Morgan fingerprint density at radius 2 is 1.79 bits per heavy atom. The summed E-state index contributed by atoms with van der Waals surface area (Å²) in [6, 6.07) is -0.316. The quantitative estimate of drug-likeness (QED) is 0.469. The van der Waals surface area contributed by atoms with E-state index in [0.29, 0.717) is 0 Å². The van der Waals surface area contributed by atoms with E-state index in [-0.39, 0.29) is 53.1 Å². The Hall–Kier alpha value is -2.79. The van der Waals surface area contributed by atoms with E-state index in [2.05, 4.69) is 0 Å². The maximum Gasteiger partial charge on any atom is 0.305 e. The maximum atomic E-state index is 13.5. The van der Waals surface area contributed by atoms with Crippen molar-refractivity contribution in [1.29, 1.82) is 0 Å². The van der Waals surface area contributed by atoms with Gasteiger partial charge in [-0.2, -0.15) is 0 Å². The Balaban J connectivity index is 1.76. The van der Waals surface area contributed by atoms with Gasteiger partial charge in [-0.05, 0) is 40.4 Å². The first kappa shape index (κ1) is 24.3. The van der Waals surface area contributed by atoms with Crippen molar-refractivity contribution in [1.82, 2.24) is 4.90 Å². The number of aliphatic hydroxyl groups excluding tert-OH is 1. The number of carbonyl (C=O) groups is 3. The Bertz CT molecular complexity index is 1090. The molecular weight excluding hydrogens is 446 g/mol. The normalized spacial score (nSPS) is 31.2. The molecule has 0 saturated carbocycles. The van der Waals surface area contributed by atoms with Crippen LogP contribution in [0.25, 0.3) is 0 Å². The molecule has 0 spiro atoms. The van der Waals surface area contributed by atoms with Gasteiger partial charge in [-0.25, -0.2) is 0 Å². The van der Waals surface area contributed by atoms with Crippen LogP contribution in [0.5, 0.6) is 11.5 Å². The number of phenols is 2. The summed E-state index contributed by atoms with van der Waals surface area (Å²) in [6.07, 6.45) is -2.69. The van der Waals surface area contributed by atoms with Gasteiger partial charge in [0.15, 0.2) is 11.6 Å². The van der Waals surface area contributed by atoms with E-state index in [9.17, 15) is 29.7 Å². The third kappa shape index (κ3) is 3.90. The van der Waals surface area contributed by atoms with Gasteiger partial charge in [-0.3, -0.25) is 14.4 Å². The topological polar surface area (TPSA) is 154 Å². The van der Waals surface area contributed by atoms with Crippen LogP contribution in [0, 0.1) is 0 Å². The number of ether oxygens (including phenoxy) is 2. The monoisotopic (exact) mass is 475 g/mol. The number of carbonyl (C=O) groups excluding carboxylic acids is 2. The molecular formula is C24H29NO9. The third-order valence-electron chi connectivity index (χ3n) is 6.97. The van der Waals surface area contributed by atoms with Gasteiger partial charge < -0.3 is 34.8 Å². The Morgan fingerprint density at radius 1 is 1.12 bits per heavy atom. The summed E-state index contributed by atoms with van der Waals surface area (Å²) in [5, 5.41) is 41.6. The van der Waals surface area contributed by atoms with Crippen molar-refractivity contribution in [3.8, 4) is 11.5 Å². The Kier molecular flexibility index (Phi) is 6.28. The van der Waals surface area contributed by atoms with Crippen molar-refractivity contribution in [2.45, 2.75) is 69.7 Å². The van der Waals surface area contributed by atoms with Gasteiger partial charge in [0.1, 0.15) is 11.5 Å². The zero-order valence-corrected chi connectivity index (χ0v) is 19.4. The average Bonchev–Trinajstić information content (AvgIpc) is 2.74. The number of benzene rings is 1. The second kappa shape index (κ2) is 8.77. The van der Waals surface area contributed by atoms with Gasteiger partial charge in [-0.15, -0.1) is 0 Å². The van der Waals surface area contributed by atoms with Crippen LogP contribution >= 0.6 is 0 Å². The number of likely N-dealkylation sites (N-methyl/N-ethyl adjacent to an activating group) is 1. The molecule has 0 aromatic heterocycles. The first-order chi connectivity index (χ1) is 15.9. The summed E-state index contributed by atoms with van der Waals surface area (Å²) >= 11 is 0. The molecule has 0 radical (unpaired) electrons. The van der Waals surface area contributed by atoms with Crippen LogP contribution in [0.15, 0.2) is 11.6 Å². The molecule has 2 aliphatic heterocycles. The molecule has 10 heteroatoms. The summed E-state index contributed by atoms with van der Waals surface area (Å²) in [5.74, 6) is -3.28. The zero-order valence-electron chi connectivity index (χ0n) is 19.4. The highest BCUT2D eigenvalue weighted by Crippen LogP contribution is 2.48. The fourth-order valence-electron chi connectivity index (χ4n) is 5.29. The van der Waals surface area contributed by atoms with Crippen molar-refractivity contribution < 1.29 is 44.3 Å². The number of aliphatic carboxylic acids is 1. The summed E-state index contributed by atoms with van der Waals surface area (Å²) < 4.78 is 11.6. The summed E-state index contributed by atoms with van der Waals surface area (Å²) in [7, 11) is 3.60. The van der Waals surface area contributed by atoms with E-state index >= 15 is 0 Å². The molecule has 34 heavy (non-hydrogen) atoms. The van der Waals surface area contributed by atoms with Crippen molar-refractivity contribution >= 4 is 17.5 Å². The van der Waals surface area contributed by atoms with Crippen molar-refractivity contribution in [3.05, 3.63) is 33.9 Å². The number of fused-ring (bicyclic) bond motifs is 2. The number of phenolic OH excluding ortho intramolecular Hbond substituents is 2. The SMILES string of the molecule is C[C@H]1OC(CC(=O)O)Cc2c(O)c3c(c(O)c21)C(=O)C(C1CC(N(C)C)[C@H](O)[C@@H](C)O1)=CC3=O. The highest BCUT2D eigenvalue weighted by Gasteiger charge is 2.44. The zero-order chi connectivity index (χ0) is 25.1. The number of nitrogens with zero attached hydrogens (tertiary/aromatic N) is 1. The highest BCUT2D eigenvalue weighted by atomic mass is 16.5. The second-order valence-corrected chi connectivity index (χ2v) is 9.42. The van der Waals surface area contributed by atoms with Crippen LogP contribution in [0.3, 0.4) is 0 Å². The van der Waals surface area contributed by atoms with Crippen molar-refractivity contribution in [2.24, 2.45) is 0 Å². The molecule has 0 bridgehead atoms. The van der Waals surface area contributed by atoms with Crippen LogP contribution in [0.2, 0.25) is 0 Å². The van der Waals surface area contributed by atoms with Crippen LogP contribution < -0.4 is 0 Å². The van der Waals surface area contributed by atoms with E-state index in [1.807, 2.05) is 4.90 Å². The third-order valence-corrected chi connectivity index (χ3v) is 6.97. The molecule has 1 aliphatic carbocycles. The smallest absolute Gasteiger partial charge is 0.305 e. The van der Waals surface area contributed by atoms with Gasteiger partial charge in [0.2, 0.25) is 0 Å². The van der Waals surface area contributed by atoms with Gasteiger partial charge >= 0.3 is 5.97 Å². The Morgan fingerprint density at radius 3 is 2.41 bits per heavy atom. The largest absolute Gasteiger partial charge is 0.507 e. The molecule has 4 rings (SSSR count). The number of aliphatic hydroxyl groups is 1. The molecule has 4 N–H and O–H groups in total. The van der Waals surface area contributed by atoms with Gasteiger partial charge in [0.25, 0.3) is 0 Å². The predicted molar refractivity (Wildman–Crippen MR) is 118 cm³/mol. The number of carboxylic acid groups (broad SMARTS) is 1. The number of hydrogen-bond acceptors (Lipinski definition) is 9. The minimum Gasteiger partial charge on any atom is -0.507 e. The number of aromatic hydroxyl groups is 2. The number of carboxylic acids is 1. The number of rotatable bonds is 4. The molecule has 0 amide bonds. The van der Waals surface area contributed by atoms with E-state index in [1.165, 1.54) is 0 Å². The molecule has 184 valence electrons. The molecule has 6 atom stereocenters. The fraction of sp³-hybridized carbons (Fsp3) is 0.542. The van der Waals surface area contributed by atoms with Crippen LogP contribution in [-0.4, -0.2) is 87.4 Å². The Labute approximate surface area is 196 Å². The van der Waals surface area contributed by atoms with Crippen LogP contribution in [0.4, 0.5) is 0 Å². The molecule has 1 saturated heterocycles. The lowest BCUT2D eigenvalue weighted by Crippen LogP contribution is -2.53. The van der Waals surface area contributed by atoms with Crippen LogP contribution in [-0.2, 0) is 20.7 Å². The molecule has 1 aromatic rings. The highest BCUT2D eigenvalue weighted by molar-refractivity contribution is 6.27. The van der Waals surface area contributed by atoms with Gasteiger partial charge in [0, 0.05) is 29.2 Å². The molecule has 1 aromatic carbocycles. The average molecular weight is 475 g/mol. The lowest BCUT2D eigenvalue weighted by molar-refractivity contribution is -0.141. The number of Topliss-reactive ketones (excluding diaryl/α,β-unsaturated/α-hetero) is 1.